The second-order valence-corrected chi connectivity index (χ2v) is 7.80. The molecule has 1 aliphatic carbocycles. The quantitative estimate of drug-likeness (QED) is 0.786. The van der Waals surface area contributed by atoms with E-state index in [2.05, 4.69) is 0 Å². The van der Waals surface area contributed by atoms with Crippen molar-refractivity contribution in [2.24, 2.45) is 5.41 Å². The van der Waals surface area contributed by atoms with Crippen LogP contribution in [0, 0.1) is 5.41 Å². The van der Waals surface area contributed by atoms with Crippen molar-refractivity contribution in [3.05, 3.63) is 35.4 Å². The molecule has 0 unspecified atom stereocenters. The van der Waals surface area contributed by atoms with Gasteiger partial charge in [0.1, 0.15) is 0 Å². The minimum absolute atomic E-state index is 0.203. The van der Waals surface area contributed by atoms with E-state index in [1.54, 1.807) is 0 Å². The molecule has 0 spiro atoms. The lowest BCUT2D eigenvalue weighted by Crippen LogP contribution is -2.44. The molecule has 132 valence electrons. The van der Waals surface area contributed by atoms with Gasteiger partial charge < -0.3 is 9.64 Å². The number of amides is 1. The molecular weight excluding hydrogens is 302 g/mol. The number of ether oxygens (including phenoxy) is 1. The van der Waals surface area contributed by atoms with Gasteiger partial charge in [-0.3, -0.25) is 4.79 Å². The molecule has 0 saturated heterocycles. The molecule has 0 radical (unpaired) electrons. The van der Waals surface area contributed by atoms with Crippen molar-refractivity contribution in [1.29, 1.82) is 0 Å². The maximum Gasteiger partial charge on any atom is 0.337 e. The highest BCUT2D eigenvalue weighted by molar-refractivity contribution is 5.89. The van der Waals surface area contributed by atoms with Crippen LogP contribution in [0.3, 0.4) is 0 Å². The van der Waals surface area contributed by atoms with Gasteiger partial charge in [0.25, 0.3) is 0 Å². The number of hydrogen-bond acceptors (Lipinski definition) is 3. The summed E-state index contributed by atoms with van der Waals surface area (Å²) in [5.41, 5.74) is 1.47. The molecule has 24 heavy (non-hydrogen) atoms. The molecule has 2 rings (SSSR count). The predicted octanol–water partition coefficient (Wildman–Crippen LogP) is 4.00. The molecule has 1 fully saturated rings. The number of hydrogen-bond donors (Lipinski definition) is 0. The Bertz CT molecular complexity index is 586. The van der Waals surface area contributed by atoms with Crippen molar-refractivity contribution in [3.63, 3.8) is 0 Å². The molecule has 1 aromatic rings. The Morgan fingerprint density at radius 1 is 1.12 bits per heavy atom. The number of esters is 1. The van der Waals surface area contributed by atoms with E-state index >= 15 is 0 Å². The van der Waals surface area contributed by atoms with Crippen LogP contribution in [0.1, 0.15) is 68.3 Å². The zero-order chi connectivity index (χ0) is 17.9. The third kappa shape index (κ3) is 4.16. The predicted molar refractivity (Wildman–Crippen MR) is 95.0 cm³/mol. The van der Waals surface area contributed by atoms with Crippen LogP contribution in [-0.2, 0) is 9.53 Å². The van der Waals surface area contributed by atoms with Crippen molar-refractivity contribution in [1.82, 2.24) is 4.90 Å². The first-order chi connectivity index (χ1) is 11.2. The maximum absolute atomic E-state index is 12.5. The second kappa shape index (κ2) is 7.37. The molecule has 0 N–H and O–H groups in total. The molecule has 0 aliphatic heterocycles. The highest BCUT2D eigenvalue weighted by Crippen LogP contribution is 2.36. The monoisotopic (exact) mass is 331 g/mol. The Morgan fingerprint density at radius 3 is 2.29 bits per heavy atom. The zero-order valence-electron chi connectivity index (χ0n) is 15.5. The third-order valence-corrected chi connectivity index (χ3v) is 4.96. The summed E-state index contributed by atoms with van der Waals surface area (Å²) in [6.45, 7) is 5.91. The van der Waals surface area contributed by atoms with E-state index in [4.69, 9.17) is 4.74 Å². The average molecular weight is 331 g/mol. The molecule has 4 nitrogen and oxygen atoms in total. The summed E-state index contributed by atoms with van der Waals surface area (Å²) in [4.78, 5) is 26.0. The smallest absolute Gasteiger partial charge is 0.337 e. The van der Waals surface area contributed by atoms with Crippen molar-refractivity contribution >= 4 is 11.9 Å². The number of methoxy groups -OCH3 is 1. The van der Waals surface area contributed by atoms with Crippen LogP contribution < -0.4 is 0 Å². The molecule has 1 aromatic carbocycles. The topological polar surface area (TPSA) is 46.6 Å². The fraction of sp³-hybridized carbons (Fsp3) is 0.600. The number of nitrogens with zero attached hydrogens (tertiary/aromatic N) is 1. The fourth-order valence-corrected chi connectivity index (χ4v) is 3.52. The molecule has 1 amide bonds. The van der Waals surface area contributed by atoms with Gasteiger partial charge in [-0.1, -0.05) is 39.3 Å². The van der Waals surface area contributed by atoms with Crippen LogP contribution in [0.5, 0.6) is 0 Å². The average Bonchev–Trinajstić information content (AvgIpc) is 2.59. The molecule has 1 saturated carbocycles. The van der Waals surface area contributed by atoms with E-state index in [9.17, 15) is 9.59 Å². The lowest BCUT2D eigenvalue weighted by atomic mass is 9.80. The van der Waals surface area contributed by atoms with Crippen LogP contribution in [-0.4, -0.2) is 37.0 Å². The number of benzene rings is 1. The van der Waals surface area contributed by atoms with Gasteiger partial charge in [-0.2, -0.15) is 0 Å². The summed E-state index contributed by atoms with van der Waals surface area (Å²) >= 11 is 0. The zero-order valence-corrected chi connectivity index (χ0v) is 15.5. The van der Waals surface area contributed by atoms with Gasteiger partial charge in [-0.15, -0.1) is 0 Å². The number of rotatable bonds is 3. The maximum atomic E-state index is 12.5. The lowest BCUT2D eigenvalue weighted by Gasteiger charge is -2.38. The first-order valence-electron chi connectivity index (χ1n) is 8.69. The van der Waals surface area contributed by atoms with Crippen molar-refractivity contribution in [2.45, 2.75) is 58.4 Å². The largest absolute Gasteiger partial charge is 0.465 e. The Balaban J connectivity index is 2.08. The molecule has 4 heteroatoms. The van der Waals surface area contributed by atoms with Crippen molar-refractivity contribution in [2.75, 3.05) is 14.2 Å². The summed E-state index contributed by atoms with van der Waals surface area (Å²) in [7, 11) is 3.32. The SMILES string of the molecule is COC(=O)c1ccc([C@@H]2CCC[C@H](N(C)C(=O)C(C)(C)C)C2)cc1. The first-order valence-corrected chi connectivity index (χ1v) is 8.69. The minimum Gasteiger partial charge on any atom is -0.465 e. The van der Waals surface area contributed by atoms with E-state index in [0.29, 0.717) is 11.5 Å². The van der Waals surface area contributed by atoms with Crippen LogP contribution >= 0.6 is 0 Å². The van der Waals surface area contributed by atoms with Gasteiger partial charge >= 0.3 is 5.97 Å². The minimum atomic E-state index is -0.343. The first kappa shape index (κ1) is 18.5. The van der Waals surface area contributed by atoms with Gasteiger partial charge in [0, 0.05) is 18.5 Å². The van der Waals surface area contributed by atoms with Crippen LogP contribution in [0.25, 0.3) is 0 Å². The van der Waals surface area contributed by atoms with E-state index in [0.717, 1.165) is 25.7 Å². The third-order valence-electron chi connectivity index (χ3n) is 4.96. The number of carbonyl (C=O) groups excluding carboxylic acids is 2. The van der Waals surface area contributed by atoms with Gasteiger partial charge in [0.15, 0.2) is 0 Å². The highest BCUT2D eigenvalue weighted by Gasteiger charge is 2.32. The summed E-state index contributed by atoms with van der Waals surface area (Å²) in [6.07, 6.45) is 4.30. The van der Waals surface area contributed by atoms with Gasteiger partial charge in [0.2, 0.25) is 5.91 Å². The Hall–Kier alpha value is -1.84. The van der Waals surface area contributed by atoms with Gasteiger partial charge in [-0.25, -0.2) is 4.79 Å². The second-order valence-electron chi connectivity index (χ2n) is 7.80. The summed E-state index contributed by atoms with van der Waals surface area (Å²) in [5.74, 6) is 0.332. The molecular formula is C20H29NO3. The summed E-state index contributed by atoms with van der Waals surface area (Å²) in [5, 5.41) is 0. The molecule has 0 bridgehead atoms. The van der Waals surface area contributed by atoms with E-state index in [1.165, 1.54) is 12.7 Å². The molecule has 0 heterocycles. The van der Waals surface area contributed by atoms with Crippen LogP contribution in [0.2, 0.25) is 0 Å². The lowest BCUT2D eigenvalue weighted by molar-refractivity contribution is -0.141. The van der Waals surface area contributed by atoms with Crippen molar-refractivity contribution in [3.8, 4) is 0 Å². The van der Waals surface area contributed by atoms with E-state index in [-0.39, 0.29) is 23.3 Å². The standard InChI is InChI=1S/C20H29NO3/c1-20(2,3)19(23)21(4)17-8-6-7-16(13-17)14-9-11-15(12-10-14)18(22)24-5/h9-12,16-17H,6-8,13H2,1-5H3/t16-,17+/m1/s1. The fourth-order valence-electron chi connectivity index (χ4n) is 3.52. The van der Waals surface area contributed by atoms with Crippen LogP contribution in [0.15, 0.2) is 24.3 Å². The Kier molecular flexibility index (Phi) is 5.68. The van der Waals surface area contributed by atoms with Crippen LogP contribution in [0.4, 0.5) is 0 Å². The summed E-state index contributed by atoms with van der Waals surface area (Å²) in [6, 6.07) is 7.98. The van der Waals surface area contributed by atoms with Gasteiger partial charge in [0.05, 0.1) is 12.7 Å². The van der Waals surface area contributed by atoms with E-state index < -0.39 is 0 Å². The molecule has 0 aromatic heterocycles. The Labute approximate surface area is 145 Å². The molecule has 1 aliphatic rings. The summed E-state index contributed by atoms with van der Waals surface area (Å²) < 4.78 is 4.75. The normalized spacial score (nSPS) is 21.2. The Morgan fingerprint density at radius 2 is 1.75 bits per heavy atom. The van der Waals surface area contributed by atoms with E-state index in [1.807, 2.05) is 57.0 Å². The highest BCUT2D eigenvalue weighted by atomic mass is 16.5. The number of carbonyl (C=O) groups is 2. The van der Waals surface area contributed by atoms with Crippen molar-refractivity contribution < 1.29 is 14.3 Å². The molecule has 2 atom stereocenters. The van der Waals surface area contributed by atoms with Gasteiger partial charge in [-0.05, 0) is 42.9 Å².